The summed E-state index contributed by atoms with van der Waals surface area (Å²) < 4.78 is 0. The molecule has 14 heavy (non-hydrogen) atoms. The van der Waals surface area contributed by atoms with Crippen LogP contribution in [-0.2, 0) is 0 Å². The largest absolute Gasteiger partial charge is 0.351 e. The first kappa shape index (κ1) is 8.97. The van der Waals surface area contributed by atoms with Crippen LogP contribution >= 0.6 is 11.6 Å². The number of aldehydes is 1. The van der Waals surface area contributed by atoms with Gasteiger partial charge in [-0.1, -0.05) is 11.6 Å². The smallest absolute Gasteiger partial charge is 0.166 e. The third-order valence-corrected chi connectivity index (χ3v) is 2.06. The first-order chi connectivity index (χ1) is 6.79. The minimum atomic E-state index is 0.539. The van der Waals surface area contributed by atoms with Crippen LogP contribution < -0.4 is 0 Å². The lowest BCUT2D eigenvalue weighted by atomic mass is 10.3. The summed E-state index contributed by atoms with van der Waals surface area (Å²) in [6.45, 7) is 0. The molecule has 0 fully saturated rings. The third kappa shape index (κ3) is 1.67. The molecule has 0 radical (unpaired) electrons. The molecule has 70 valence electrons. The highest BCUT2D eigenvalue weighted by Gasteiger charge is 2.01. The van der Waals surface area contributed by atoms with Crippen molar-refractivity contribution in [2.45, 2.75) is 0 Å². The normalized spacial score (nSPS) is 10.1. The van der Waals surface area contributed by atoms with Crippen LogP contribution in [0.2, 0.25) is 5.02 Å². The topological polar surface area (TPSA) is 45.8 Å². The van der Waals surface area contributed by atoms with E-state index in [9.17, 15) is 4.79 Å². The average Bonchev–Trinajstić information content (AvgIpc) is 2.67. The van der Waals surface area contributed by atoms with E-state index in [4.69, 9.17) is 11.6 Å². The van der Waals surface area contributed by atoms with Gasteiger partial charge in [-0.15, -0.1) is 0 Å². The van der Waals surface area contributed by atoms with Crippen molar-refractivity contribution in [1.29, 1.82) is 0 Å². The molecule has 0 amide bonds. The number of carbonyl (C=O) groups excluding carboxylic acids is 1. The molecule has 2 heterocycles. The molecule has 4 heteroatoms. The van der Waals surface area contributed by atoms with E-state index >= 15 is 0 Å². The fraction of sp³-hybridized carbons (Fsp3) is 0. The quantitative estimate of drug-likeness (QED) is 0.768. The fourth-order valence-electron chi connectivity index (χ4n) is 1.17. The summed E-state index contributed by atoms with van der Waals surface area (Å²) in [7, 11) is 0. The zero-order valence-corrected chi connectivity index (χ0v) is 7.95. The second-order valence-electron chi connectivity index (χ2n) is 2.81. The number of carbonyl (C=O) groups is 1. The molecule has 3 nitrogen and oxygen atoms in total. The Balaban J connectivity index is 2.39. The molecule has 0 aromatic carbocycles. The van der Waals surface area contributed by atoms with Crippen molar-refractivity contribution in [2.24, 2.45) is 0 Å². The molecule has 0 unspecified atom stereocenters. The fourth-order valence-corrected chi connectivity index (χ4v) is 1.28. The Kier molecular flexibility index (Phi) is 2.33. The maximum Gasteiger partial charge on any atom is 0.166 e. The predicted molar refractivity (Wildman–Crippen MR) is 54.4 cm³/mol. The van der Waals surface area contributed by atoms with Gasteiger partial charge in [-0.05, 0) is 24.3 Å². The summed E-state index contributed by atoms with van der Waals surface area (Å²) in [5.74, 6) is 0. The van der Waals surface area contributed by atoms with E-state index in [1.54, 1.807) is 30.5 Å². The predicted octanol–water partition coefficient (Wildman–Crippen LogP) is 2.54. The minimum absolute atomic E-state index is 0.539. The standard InChI is InChI=1S/C10H7ClN2O/c11-7-1-3-9(12-5-7)10-4-2-8(6-14)13-10/h1-6,13H. The number of halogens is 1. The van der Waals surface area contributed by atoms with Crippen LogP contribution in [0.5, 0.6) is 0 Å². The van der Waals surface area contributed by atoms with E-state index in [2.05, 4.69) is 9.97 Å². The van der Waals surface area contributed by atoms with E-state index in [0.717, 1.165) is 17.7 Å². The number of pyridine rings is 1. The lowest BCUT2D eigenvalue weighted by Crippen LogP contribution is -1.83. The van der Waals surface area contributed by atoms with Crippen molar-refractivity contribution in [3.8, 4) is 11.4 Å². The summed E-state index contributed by atoms with van der Waals surface area (Å²) in [4.78, 5) is 17.5. The number of hydrogen-bond donors (Lipinski definition) is 1. The van der Waals surface area contributed by atoms with Crippen LogP contribution in [-0.4, -0.2) is 16.3 Å². The molecule has 2 aromatic rings. The summed E-state index contributed by atoms with van der Waals surface area (Å²) in [6.07, 6.45) is 2.33. The molecule has 0 aliphatic rings. The number of aromatic nitrogens is 2. The van der Waals surface area contributed by atoms with Crippen molar-refractivity contribution in [3.63, 3.8) is 0 Å². The van der Waals surface area contributed by atoms with Gasteiger partial charge < -0.3 is 4.98 Å². The lowest BCUT2D eigenvalue weighted by Gasteiger charge is -1.96. The number of hydrogen-bond acceptors (Lipinski definition) is 2. The second kappa shape index (κ2) is 3.64. The van der Waals surface area contributed by atoms with Gasteiger partial charge in [0.25, 0.3) is 0 Å². The Morgan fingerprint density at radius 3 is 2.71 bits per heavy atom. The number of nitrogens with one attached hydrogen (secondary N) is 1. The number of rotatable bonds is 2. The Bertz CT molecular complexity index is 447. The van der Waals surface area contributed by atoms with E-state index in [0.29, 0.717) is 10.7 Å². The lowest BCUT2D eigenvalue weighted by molar-refractivity contribution is 0.111. The number of aromatic amines is 1. The highest BCUT2D eigenvalue weighted by Crippen LogP contribution is 2.17. The summed E-state index contributed by atoms with van der Waals surface area (Å²) in [6, 6.07) is 7.06. The molecule has 0 spiro atoms. The van der Waals surface area contributed by atoms with Crippen LogP contribution in [0.25, 0.3) is 11.4 Å². The molecule has 0 bridgehead atoms. The molecule has 0 saturated carbocycles. The summed E-state index contributed by atoms with van der Waals surface area (Å²) in [5.41, 5.74) is 2.11. The zero-order chi connectivity index (χ0) is 9.97. The van der Waals surface area contributed by atoms with E-state index in [1.807, 2.05) is 0 Å². The zero-order valence-electron chi connectivity index (χ0n) is 7.20. The minimum Gasteiger partial charge on any atom is -0.351 e. The van der Waals surface area contributed by atoms with Crippen molar-refractivity contribution in [2.75, 3.05) is 0 Å². The average molecular weight is 207 g/mol. The third-order valence-electron chi connectivity index (χ3n) is 1.84. The molecule has 0 aliphatic heterocycles. The summed E-state index contributed by atoms with van der Waals surface area (Å²) in [5, 5.41) is 0.593. The monoisotopic (exact) mass is 206 g/mol. The van der Waals surface area contributed by atoms with Gasteiger partial charge in [-0.25, -0.2) is 0 Å². The van der Waals surface area contributed by atoms with Crippen LogP contribution in [0.1, 0.15) is 10.5 Å². The molecule has 0 atom stereocenters. The highest BCUT2D eigenvalue weighted by atomic mass is 35.5. The highest BCUT2D eigenvalue weighted by molar-refractivity contribution is 6.30. The SMILES string of the molecule is O=Cc1ccc(-c2ccc(Cl)cn2)[nH]1. The Morgan fingerprint density at radius 1 is 1.29 bits per heavy atom. The second-order valence-corrected chi connectivity index (χ2v) is 3.24. The molecule has 0 saturated heterocycles. The van der Waals surface area contributed by atoms with Gasteiger partial charge in [0.05, 0.1) is 22.1 Å². The Morgan fingerprint density at radius 2 is 2.14 bits per heavy atom. The van der Waals surface area contributed by atoms with Crippen molar-refractivity contribution < 1.29 is 4.79 Å². The van der Waals surface area contributed by atoms with Gasteiger partial charge >= 0.3 is 0 Å². The molecule has 0 aliphatic carbocycles. The van der Waals surface area contributed by atoms with Gasteiger partial charge in [0.1, 0.15) is 0 Å². The van der Waals surface area contributed by atoms with Crippen LogP contribution in [0.3, 0.4) is 0 Å². The maximum atomic E-state index is 10.4. The van der Waals surface area contributed by atoms with Gasteiger partial charge in [-0.3, -0.25) is 9.78 Å². The van der Waals surface area contributed by atoms with Crippen LogP contribution in [0.15, 0.2) is 30.5 Å². The first-order valence-corrected chi connectivity index (χ1v) is 4.43. The molecule has 2 rings (SSSR count). The van der Waals surface area contributed by atoms with Gasteiger partial charge in [0, 0.05) is 6.20 Å². The van der Waals surface area contributed by atoms with Gasteiger partial charge in [-0.2, -0.15) is 0 Å². The van der Waals surface area contributed by atoms with Crippen molar-refractivity contribution >= 4 is 17.9 Å². The Hall–Kier alpha value is -1.61. The van der Waals surface area contributed by atoms with E-state index in [1.165, 1.54) is 0 Å². The van der Waals surface area contributed by atoms with E-state index in [-0.39, 0.29) is 0 Å². The Labute approximate surface area is 85.7 Å². The first-order valence-electron chi connectivity index (χ1n) is 4.06. The van der Waals surface area contributed by atoms with E-state index < -0.39 is 0 Å². The van der Waals surface area contributed by atoms with Crippen molar-refractivity contribution in [3.05, 3.63) is 41.2 Å². The molecular formula is C10H7ClN2O. The maximum absolute atomic E-state index is 10.4. The number of H-pyrrole nitrogens is 1. The molecule has 1 N–H and O–H groups in total. The summed E-state index contributed by atoms with van der Waals surface area (Å²) >= 11 is 5.70. The number of nitrogens with zero attached hydrogens (tertiary/aromatic N) is 1. The van der Waals surface area contributed by atoms with Gasteiger partial charge in [0.2, 0.25) is 0 Å². The molecule has 2 aromatic heterocycles. The van der Waals surface area contributed by atoms with Crippen LogP contribution in [0, 0.1) is 0 Å². The van der Waals surface area contributed by atoms with Crippen LogP contribution in [0.4, 0.5) is 0 Å². The van der Waals surface area contributed by atoms with Gasteiger partial charge in [0.15, 0.2) is 6.29 Å². The molecular weight excluding hydrogens is 200 g/mol. The van der Waals surface area contributed by atoms with Crippen molar-refractivity contribution in [1.82, 2.24) is 9.97 Å².